The first-order valence-corrected chi connectivity index (χ1v) is 12.4. The average Bonchev–Trinajstić information content (AvgIpc) is 3.26. The van der Waals surface area contributed by atoms with Crippen molar-refractivity contribution in [2.45, 2.75) is 77.9 Å². The summed E-state index contributed by atoms with van der Waals surface area (Å²) in [6.07, 6.45) is 7.95. The van der Waals surface area contributed by atoms with Gasteiger partial charge in [-0.1, -0.05) is 69.5 Å². The predicted octanol–water partition coefficient (Wildman–Crippen LogP) is 7.34. The van der Waals surface area contributed by atoms with Crippen molar-refractivity contribution in [1.82, 2.24) is 9.47 Å². The van der Waals surface area contributed by atoms with Gasteiger partial charge in [0, 0.05) is 30.2 Å². The van der Waals surface area contributed by atoms with Crippen molar-refractivity contribution in [3.63, 3.8) is 0 Å². The third-order valence-electron chi connectivity index (χ3n) is 6.96. The van der Waals surface area contributed by atoms with Crippen molar-refractivity contribution in [2.75, 3.05) is 5.32 Å². The molecule has 1 aromatic heterocycles. The van der Waals surface area contributed by atoms with Gasteiger partial charge in [0.15, 0.2) is 0 Å². The van der Waals surface area contributed by atoms with E-state index in [1.807, 2.05) is 12.1 Å². The molecule has 0 atom stereocenters. The lowest BCUT2D eigenvalue weighted by atomic mass is 9.94. The van der Waals surface area contributed by atoms with E-state index in [9.17, 15) is 4.79 Å². The number of rotatable bonds is 7. The molecule has 1 fully saturated rings. The second kappa shape index (κ2) is 10.7. The highest BCUT2D eigenvalue weighted by Crippen LogP contribution is 2.26. The molecule has 3 aromatic rings. The van der Waals surface area contributed by atoms with Crippen LogP contribution in [-0.4, -0.2) is 21.5 Å². The third kappa shape index (κ3) is 5.87. The van der Waals surface area contributed by atoms with Crippen molar-refractivity contribution >= 4 is 11.7 Å². The molecule has 1 aliphatic rings. The molecule has 0 unspecified atom stereocenters. The Morgan fingerprint density at radius 3 is 2.42 bits per heavy atom. The van der Waals surface area contributed by atoms with Crippen LogP contribution in [0.25, 0.3) is 0 Å². The van der Waals surface area contributed by atoms with Crippen LogP contribution in [0, 0.1) is 6.92 Å². The Bertz CT molecular complexity index is 1040. The van der Waals surface area contributed by atoms with Gasteiger partial charge in [-0.05, 0) is 66.6 Å². The molecule has 0 bridgehead atoms. The van der Waals surface area contributed by atoms with Crippen LogP contribution in [-0.2, 0) is 13.1 Å². The minimum absolute atomic E-state index is 0.00263. The van der Waals surface area contributed by atoms with Gasteiger partial charge in [0.1, 0.15) is 0 Å². The summed E-state index contributed by atoms with van der Waals surface area (Å²) in [7, 11) is 0. The van der Waals surface area contributed by atoms with Crippen molar-refractivity contribution in [3.8, 4) is 0 Å². The number of nitrogens with one attached hydrogen (secondary N) is 1. The normalized spacial score (nSPS) is 14.4. The molecule has 1 saturated carbocycles. The fourth-order valence-corrected chi connectivity index (χ4v) is 4.80. The quantitative estimate of drug-likeness (QED) is 0.408. The maximum Gasteiger partial charge on any atom is 0.322 e. The van der Waals surface area contributed by atoms with Crippen LogP contribution in [0.1, 0.15) is 74.3 Å². The van der Waals surface area contributed by atoms with Crippen molar-refractivity contribution in [3.05, 3.63) is 89.2 Å². The topological polar surface area (TPSA) is 37.3 Å². The highest BCUT2D eigenvalue weighted by atomic mass is 16.2. The summed E-state index contributed by atoms with van der Waals surface area (Å²) < 4.78 is 2.28. The first-order valence-electron chi connectivity index (χ1n) is 12.4. The summed E-state index contributed by atoms with van der Waals surface area (Å²) >= 11 is 0. The van der Waals surface area contributed by atoms with Crippen LogP contribution < -0.4 is 5.32 Å². The lowest BCUT2D eigenvalue weighted by Crippen LogP contribution is -2.43. The Balaban J connectivity index is 1.52. The van der Waals surface area contributed by atoms with E-state index in [1.165, 1.54) is 41.6 Å². The van der Waals surface area contributed by atoms with Crippen molar-refractivity contribution in [1.29, 1.82) is 0 Å². The van der Waals surface area contributed by atoms with Gasteiger partial charge in [0.25, 0.3) is 0 Å². The fraction of sp³-hybridized carbons (Fsp3) is 0.414. The van der Waals surface area contributed by atoms with Gasteiger partial charge < -0.3 is 14.8 Å². The zero-order chi connectivity index (χ0) is 23.2. The van der Waals surface area contributed by atoms with E-state index >= 15 is 0 Å². The number of benzene rings is 2. The number of hydrogen-bond donors (Lipinski definition) is 1. The summed E-state index contributed by atoms with van der Waals surface area (Å²) in [4.78, 5) is 15.6. The van der Waals surface area contributed by atoms with E-state index in [2.05, 4.69) is 90.3 Å². The van der Waals surface area contributed by atoms with E-state index in [1.54, 1.807) is 0 Å². The van der Waals surface area contributed by atoms with Gasteiger partial charge in [-0.15, -0.1) is 0 Å². The third-order valence-corrected chi connectivity index (χ3v) is 6.96. The minimum Gasteiger partial charge on any atom is -0.345 e. The smallest absolute Gasteiger partial charge is 0.322 e. The summed E-state index contributed by atoms with van der Waals surface area (Å²) in [5, 5.41) is 3.17. The van der Waals surface area contributed by atoms with Crippen LogP contribution in [0.15, 0.2) is 66.9 Å². The van der Waals surface area contributed by atoms with Gasteiger partial charge in [-0.3, -0.25) is 0 Å². The Labute approximate surface area is 198 Å². The molecule has 0 spiro atoms. The number of nitrogens with zero attached hydrogens (tertiary/aromatic N) is 2. The first kappa shape index (κ1) is 23.2. The van der Waals surface area contributed by atoms with Crippen molar-refractivity contribution in [2.24, 2.45) is 0 Å². The number of anilines is 1. The monoisotopic (exact) mass is 443 g/mol. The van der Waals surface area contributed by atoms with Crippen LogP contribution in [0.4, 0.5) is 10.5 Å². The number of carbonyl (C=O) groups excluding carboxylic acids is 1. The molecule has 1 aliphatic carbocycles. The van der Waals surface area contributed by atoms with Gasteiger partial charge >= 0.3 is 6.03 Å². The van der Waals surface area contributed by atoms with E-state index in [4.69, 9.17) is 0 Å². The zero-order valence-electron chi connectivity index (χ0n) is 20.3. The van der Waals surface area contributed by atoms with E-state index in [0.29, 0.717) is 12.5 Å². The Morgan fingerprint density at radius 1 is 1.00 bits per heavy atom. The standard InChI is InChI=1S/C29H37N3O/c1-22(2)24-15-17-26(18-16-24)30-29(33)32(27-12-5-4-6-13-27)21-28-14-9-19-31(28)20-25-11-8-7-10-23(25)3/h7-11,14-19,22,27H,4-6,12-13,20-21H2,1-3H3,(H,30,33). The van der Waals surface area contributed by atoms with Gasteiger partial charge in [0.2, 0.25) is 0 Å². The maximum atomic E-state index is 13.5. The Kier molecular flexibility index (Phi) is 7.54. The minimum atomic E-state index is 0.00263. The summed E-state index contributed by atoms with van der Waals surface area (Å²) in [5.41, 5.74) is 5.93. The SMILES string of the molecule is Cc1ccccc1Cn1cccc1CN(C(=O)Nc1ccc(C(C)C)cc1)C1CCCCC1. The number of aromatic nitrogens is 1. The number of aryl methyl sites for hydroxylation is 1. The van der Waals surface area contributed by atoms with Gasteiger partial charge in [-0.2, -0.15) is 0 Å². The zero-order valence-corrected chi connectivity index (χ0v) is 20.3. The molecule has 0 aliphatic heterocycles. The first-order chi connectivity index (χ1) is 16.0. The molecule has 1 heterocycles. The largest absolute Gasteiger partial charge is 0.345 e. The Morgan fingerprint density at radius 2 is 1.73 bits per heavy atom. The molecule has 0 radical (unpaired) electrons. The van der Waals surface area contributed by atoms with Gasteiger partial charge in [0.05, 0.1) is 6.54 Å². The summed E-state index contributed by atoms with van der Waals surface area (Å²) in [6, 6.07) is 21.3. The molecule has 4 nitrogen and oxygen atoms in total. The van der Waals surface area contributed by atoms with Gasteiger partial charge in [-0.25, -0.2) is 4.79 Å². The summed E-state index contributed by atoms with van der Waals surface area (Å²) in [6.45, 7) is 7.98. The fourth-order valence-electron chi connectivity index (χ4n) is 4.80. The molecule has 4 rings (SSSR count). The van der Waals surface area contributed by atoms with Crippen LogP contribution >= 0.6 is 0 Å². The Hall–Kier alpha value is -3.01. The number of urea groups is 1. The van der Waals surface area contributed by atoms with E-state index < -0.39 is 0 Å². The highest BCUT2D eigenvalue weighted by Gasteiger charge is 2.26. The molecule has 4 heteroatoms. The second-order valence-electron chi connectivity index (χ2n) is 9.68. The highest BCUT2D eigenvalue weighted by molar-refractivity contribution is 5.89. The molecular weight excluding hydrogens is 406 g/mol. The molecule has 2 aromatic carbocycles. The lowest BCUT2D eigenvalue weighted by Gasteiger charge is -2.34. The molecule has 1 N–H and O–H groups in total. The molecule has 33 heavy (non-hydrogen) atoms. The molecular formula is C29H37N3O. The molecule has 2 amide bonds. The van der Waals surface area contributed by atoms with E-state index in [-0.39, 0.29) is 12.1 Å². The number of hydrogen-bond acceptors (Lipinski definition) is 1. The average molecular weight is 444 g/mol. The van der Waals surface area contributed by atoms with Crippen molar-refractivity contribution < 1.29 is 4.79 Å². The maximum absolute atomic E-state index is 13.5. The summed E-state index contributed by atoms with van der Waals surface area (Å²) in [5.74, 6) is 0.481. The van der Waals surface area contributed by atoms with Crippen LogP contribution in [0.3, 0.4) is 0 Å². The van der Waals surface area contributed by atoms with E-state index in [0.717, 1.165) is 25.1 Å². The molecule has 174 valence electrons. The second-order valence-corrected chi connectivity index (χ2v) is 9.68. The van der Waals surface area contributed by atoms with Crippen LogP contribution in [0.2, 0.25) is 0 Å². The predicted molar refractivity (Wildman–Crippen MR) is 137 cm³/mol. The number of carbonyl (C=O) groups is 1. The lowest BCUT2D eigenvalue weighted by molar-refractivity contribution is 0.161. The molecule has 0 saturated heterocycles. The number of amides is 2. The van der Waals surface area contributed by atoms with Crippen LogP contribution in [0.5, 0.6) is 0 Å².